The summed E-state index contributed by atoms with van der Waals surface area (Å²) in [5, 5.41) is 19.8. The molecule has 1 aliphatic carbocycles. The van der Waals surface area contributed by atoms with Crippen LogP contribution in [-0.2, 0) is 6.61 Å². The van der Waals surface area contributed by atoms with Gasteiger partial charge in [-0.3, -0.25) is 4.79 Å². The number of amides is 3. The fraction of sp³-hybridized carbons (Fsp3) is 0.280. The van der Waals surface area contributed by atoms with Crippen molar-refractivity contribution in [2.45, 2.75) is 44.4 Å². The average molecular weight is 494 g/mol. The summed E-state index contributed by atoms with van der Waals surface area (Å²) in [6, 6.07) is 13.9. The van der Waals surface area contributed by atoms with Crippen LogP contribution in [0.1, 0.15) is 46.7 Å². The van der Waals surface area contributed by atoms with E-state index in [1.165, 1.54) is 23.5 Å². The van der Waals surface area contributed by atoms with E-state index in [2.05, 4.69) is 20.9 Å². The third-order valence-electron chi connectivity index (χ3n) is 5.64. The van der Waals surface area contributed by atoms with Gasteiger partial charge in [0, 0.05) is 17.1 Å². The second kappa shape index (κ2) is 11.4. The molecular formula is C25H24FN5O3S. The number of para-hydroxylation sites is 1. The first-order chi connectivity index (χ1) is 17.0. The van der Waals surface area contributed by atoms with E-state index in [1.54, 1.807) is 41.8 Å². The van der Waals surface area contributed by atoms with Crippen molar-refractivity contribution in [1.82, 2.24) is 15.6 Å². The Morgan fingerprint density at radius 1 is 1.09 bits per heavy atom. The van der Waals surface area contributed by atoms with Crippen LogP contribution in [0.5, 0.6) is 5.75 Å². The number of hydrogen-bond acceptors (Lipinski definition) is 6. The van der Waals surface area contributed by atoms with Crippen LogP contribution in [0.25, 0.3) is 0 Å². The molecule has 10 heteroatoms. The van der Waals surface area contributed by atoms with E-state index < -0.39 is 5.82 Å². The lowest BCUT2D eigenvalue weighted by Gasteiger charge is -2.32. The maximum atomic E-state index is 13.7. The average Bonchev–Trinajstić information content (AvgIpc) is 3.34. The van der Waals surface area contributed by atoms with E-state index >= 15 is 0 Å². The number of benzene rings is 2. The minimum atomic E-state index is -0.457. The summed E-state index contributed by atoms with van der Waals surface area (Å²) in [6.45, 7) is 0.0575. The van der Waals surface area contributed by atoms with Gasteiger partial charge in [0.2, 0.25) is 0 Å². The Kier molecular flexibility index (Phi) is 7.90. The molecule has 8 nitrogen and oxygen atoms in total. The molecule has 3 amide bonds. The van der Waals surface area contributed by atoms with Crippen molar-refractivity contribution >= 4 is 29.0 Å². The molecule has 0 spiro atoms. The predicted octanol–water partition coefficient (Wildman–Crippen LogP) is 4.60. The maximum absolute atomic E-state index is 13.7. The molecule has 1 heterocycles. The van der Waals surface area contributed by atoms with E-state index in [1.807, 2.05) is 6.07 Å². The Hall–Kier alpha value is -3.97. The van der Waals surface area contributed by atoms with Crippen molar-refractivity contribution in [3.63, 3.8) is 0 Å². The van der Waals surface area contributed by atoms with Crippen LogP contribution in [0.4, 0.5) is 14.9 Å². The highest BCUT2D eigenvalue weighted by atomic mass is 32.1. The fourth-order valence-corrected chi connectivity index (χ4v) is 4.55. The first kappa shape index (κ1) is 24.2. The molecule has 2 atom stereocenters. The molecule has 0 bridgehead atoms. The Bertz CT molecular complexity index is 1220. The number of urea groups is 1. The quantitative estimate of drug-likeness (QED) is 0.445. The second-order valence-electron chi connectivity index (χ2n) is 8.10. The first-order valence-corrected chi connectivity index (χ1v) is 12.1. The lowest BCUT2D eigenvalue weighted by molar-refractivity contribution is 0.0911. The van der Waals surface area contributed by atoms with E-state index in [0.717, 1.165) is 25.7 Å². The molecule has 35 heavy (non-hydrogen) atoms. The summed E-state index contributed by atoms with van der Waals surface area (Å²) in [4.78, 5) is 29.6. The molecule has 3 aromatic rings. The predicted molar refractivity (Wildman–Crippen MR) is 130 cm³/mol. The van der Waals surface area contributed by atoms with Crippen molar-refractivity contribution in [3.8, 4) is 11.8 Å². The molecule has 0 unspecified atom stereocenters. The van der Waals surface area contributed by atoms with Crippen LogP contribution in [0, 0.1) is 17.1 Å². The Morgan fingerprint density at radius 3 is 2.51 bits per heavy atom. The summed E-state index contributed by atoms with van der Waals surface area (Å²) >= 11 is 1.26. The van der Waals surface area contributed by atoms with Gasteiger partial charge in [0.15, 0.2) is 11.6 Å². The van der Waals surface area contributed by atoms with Gasteiger partial charge in [0.05, 0.1) is 17.7 Å². The van der Waals surface area contributed by atoms with Gasteiger partial charge < -0.3 is 20.7 Å². The number of carbonyl (C=O) groups excluding carboxylic acids is 2. The van der Waals surface area contributed by atoms with Crippen molar-refractivity contribution in [2.75, 3.05) is 5.32 Å². The SMILES string of the molecule is N#Cc1ccc(NC(=O)N[C@H]2CCCC[C@@H]2NC(=O)c2csc(COc3ccccc3F)n2)cc1. The molecule has 180 valence electrons. The zero-order valence-electron chi connectivity index (χ0n) is 18.8. The van der Waals surface area contributed by atoms with Crippen molar-refractivity contribution in [3.05, 3.63) is 76.0 Å². The molecular weight excluding hydrogens is 469 g/mol. The van der Waals surface area contributed by atoms with E-state index in [0.29, 0.717) is 16.3 Å². The number of carbonyl (C=O) groups is 2. The minimum Gasteiger partial charge on any atom is -0.483 e. The van der Waals surface area contributed by atoms with E-state index in [9.17, 15) is 14.0 Å². The lowest BCUT2D eigenvalue weighted by Crippen LogP contribution is -2.54. The summed E-state index contributed by atoms with van der Waals surface area (Å²) in [5.41, 5.74) is 1.34. The normalized spacial score (nSPS) is 17.1. The highest BCUT2D eigenvalue weighted by Gasteiger charge is 2.28. The fourth-order valence-electron chi connectivity index (χ4n) is 3.87. The van der Waals surface area contributed by atoms with Gasteiger partial charge in [0.1, 0.15) is 17.3 Å². The summed E-state index contributed by atoms with van der Waals surface area (Å²) in [5.74, 6) is -0.658. The monoisotopic (exact) mass is 493 g/mol. The molecule has 0 aliphatic heterocycles. The molecule has 1 fully saturated rings. The lowest BCUT2D eigenvalue weighted by atomic mass is 9.90. The zero-order chi connectivity index (χ0) is 24.6. The van der Waals surface area contributed by atoms with Crippen LogP contribution in [0.3, 0.4) is 0 Å². The summed E-state index contributed by atoms with van der Waals surface area (Å²) < 4.78 is 19.2. The van der Waals surface area contributed by atoms with Crippen LogP contribution in [0.15, 0.2) is 53.9 Å². The van der Waals surface area contributed by atoms with Gasteiger partial charge in [0.25, 0.3) is 5.91 Å². The molecule has 0 radical (unpaired) electrons. The minimum absolute atomic E-state index is 0.0575. The van der Waals surface area contributed by atoms with Gasteiger partial charge >= 0.3 is 6.03 Å². The molecule has 0 saturated heterocycles. The second-order valence-corrected chi connectivity index (χ2v) is 9.05. The highest BCUT2D eigenvalue weighted by molar-refractivity contribution is 7.09. The van der Waals surface area contributed by atoms with E-state index in [4.69, 9.17) is 10.00 Å². The molecule has 4 rings (SSSR count). The number of nitrogens with zero attached hydrogens (tertiary/aromatic N) is 2. The van der Waals surface area contributed by atoms with Crippen molar-refractivity contribution in [1.29, 1.82) is 5.26 Å². The van der Waals surface area contributed by atoms with Gasteiger partial charge in [-0.05, 0) is 49.2 Å². The number of hydrogen-bond donors (Lipinski definition) is 3. The Labute approximate surface area is 206 Å². The third kappa shape index (κ3) is 6.55. The van der Waals surface area contributed by atoms with Crippen molar-refractivity contribution in [2.24, 2.45) is 0 Å². The van der Waals surface area contributed by atoms with Crippen LogP contribution in [-0.4, -0.2) is 29.0 Å². The highest BCUT2D eigenvalue weighted by Crippen LogP contribution is 2.21. The smallest absolute Gasteiger partial charge is 0.319 e. The standard InChI is InChI=1S/C25H24FN5O3S/c26-18-5-1-4-8-22(18)34-14-23-29-21(15-35-23)24(32)30-19-6-2-3-7-20(19)31-25(33)28-17-11-9-16(13-27)10-12-17/h1,4-5,8-12,15,19-20H,2-3,6-7,14H2,(H,30,32)(H2,28,31,33)/t19-,20-/m0/s1. The number of halogens is 1. The zero-order valence-corrected chi connectivity index (χ0v) is 19.6. The van der Waals surface area contributed by atoms with Crippen LogP contribution in [0.2, 0.25) is 0 Å². The van der Waals surface area contributed by atoms with Gasteiger partial charge in [-0.25, -0.2) is 14.2 Å². The molecule has 1 saturated carbocycles. The van der Waals surface area contributed by atoms with Gasteiger partial charge in [-0.1, -0.05) is 25.0 Å². The molecule has 2 aromatic carbocycles. The molecule has 1 aromatic heterocycles. The van der Waals surface area contributed by atoms with Gasteiger partial charge in [-0.15, -0.1) is 11.3 Å². The van der Waals surface area contributed by atoms with E-state index in [-0.39, 0.29) is 42.1 Å². The Balaban J connectivity index is 1.31. The number of aromatic nitrogens is 1. The number of ether oxygens (including phenoxy) is 1. The van der Waals surface area contributed by atoms with Gasteiger partial charge in [-0.2, -0.15) is 5.26 Å². The number of thiazole rings is 1. The number of nitriles is 1. The summed E-state index contributed by atoms with van der Waals surface area (Å²) in [6.07, 6.45) is 3.37. The number of anilines is 1. The number of rotatable bonds is 7. The van der Waals surface area contributed by atoms with Crippen molar-refractivity contribution < 1.29 is 18.7 Å². The third-order valence-corrected chi connectivity index (χ3v) is 6.47. The largest absolute Gasteiger partial charge is 0.483 e. The number of nitrogens with one attached hydrogen (secondary N) is 3. The Morgan fingerprint density at radius 2 is 1.80 bits per heavy atom. The topological polar surface area (TPSA) is 116 Å². The van der Waals surface area contributed by atoms with Crippen LogP contribution >= 0.6 is 11.3 Å². The molecule has 1 aliphatic rings. The summed E-state index contributed by atoms with van der Waals surface area (Å²) in [7, 11) is 0. The maximum Gasteiger partial charge on any atom is 0.319 e. The van der Waals surface area contributed by atoms with Crippen LogP contribution < -0.4 is 20.7 Å². The molecule has 3 N–H and O–H groups in total. The first-order valence-electron chi connectivity index (χ1n) is 11.2.